The van der Waals surface area contributed by atoms with Gasteiger partial charge in [0.05, 0.1) is 8.07 Å². The Morgan fingerprint density at radius 2 is 1.50 bits per heavy atom. The molecule has 0 N–H and O–H groups in total. The van der Waals surface area contributed by atoms with Crippen LogP contribution in [0.4, 0.5) is 0 Å². The summed E-state index contributed by atoms with van der Waals surface area (Å²) >= 11 is 0. The number of allylic oxidation sites excluding steroid dienone is 2. The molecule has 0 amide bonds. The third-order valence-corrected chi connectivity index (χ3v) is 3.20. The van der Waals surface area contributed by atoms with Crippen molar-refractivity contribution in [3.63, 3.8) is 0 Å². The number of hydrogen-bond donors (Lipinski definition) is 0. The van der Waals surface area contributed by atoms with E-state index in [9.17, 15) is 0 Å². The van der Waals surface area contributed by atoms with Gasteiger partial charge in [-0.1, -0.05) is 67.5 Å². The van der Waals surface area contributed by atoms with E-state index in [1.807, 2.05) is 48.6 Å². The lowest BCUT2D eigenvalue weighted by Gasteiger charge is -2.05. The van der Waals surface area contributed by atoms with Gasteiger partial charge in [0.25, 0.3) is 0 Å². The van der Waals surface area contributed by atoms with Crippen LogP contribution in [0, 0.1) is 23.7 Å². The number of rotatable bonds is 2. The molecule has 0 radical (unpaired) electrons. The average molecular weight is 250 g/mol. The Hall–Kier alpha value is -1.96. The summed E-state index contributed by atoms with van der Waals surface area (Å²) in [7, 11) is -1.12. The van der Waals surface area contributed by atoms with Crippen LogP contribution in [-0.2, 0) is 0 Å². The lowest BCUT2D eigenvalue weighted by molar-refractivity contribution is 1.66. The van der Waals surface area contributed by atoms with Crippen LogP contribution in [0.5, 0.6) is 0 Å². The molecule has 0 saturated carbocycles. The Balaban J connectivity index is 2.47. The highest BCUT2D eigenvalue weighted by molar-refractivity contribution is 6.81. The maximum Gasteiger partial charge on any atom is 0.0695 e. The van der Waals surface area contributed by atoms with Crippen molar-refractivity contribution >= 4 is 14.1 Å². The van der Waals surface area contributed by atoms with Crippen molar-refractivity contribution in [1.29, 1.82) is 0 Å². The Morgan fingerprint density at radius 3 is 2.11 bits per heavy atom. The Bertz CT molecular complexity index is 534. The maximum atomic E-state index is 2.94. The van der Waals surface area contributed by atoms with E-state index in [1.165, 1.54) is 0 Å². The van der Waals surface area contributed by atoms with Gasteiger partial charge in [-0.15, -0.1) is 0 Å². The second kappa shape index (κ2) is 7.38. The number of benzene rings is 1. The SMILES string of the molecule is C[Si](C)(C)C=CC#CC#CC=Cc1ccccc1. The summed E-state index contributed by atoms with van der Waals surface area (Å²) in [6, 6.07) is 10.1. The summed E-state index contributed by atoms with van der Waals surface area (Å²) in [4.78, 5) is 0. The third-order valence-electron chi connectivity index (χ3n) is 2.03. The Labute approximate surface area is 111 Å². The van der Waals surface area contributed by atoms with Gasteiger partial charge >= 0.3 is 0 Å². The summed E-state index contributed by atoms with van der Waals surface area (Å²) in [5.41, 5.74) is 3.36. The first-order chi connectivity index (χ1) is 8.58. The van der Waals surface area contributed by atoms with E-state index in [-0.39, 0.29) is 0 Å². The molecule has 1 aromatic carbocycles. The summed E-state index contributed by atoms with van der Waals surface area (Å²) < 4.78 is 0. The predicted molar refractivity (Wildman–Crippen MR) is 83.5 cm³/mol. The first-order valence-electron chi connectivity index (χ1n) is 5.98. The lowest BCUT2D eigenvalue weighted by atomic mass is 10.2. The molecule has 0 aliphatic rings. The van der Waals surface area contributed by atoms with E-state index in [2.05, 4.69) is 49.0 Å². The summed E-state index contributed by atoms with van der Waals surface area (Å²) in [5.74, 6) is 11.5. The van der Waals surface area contributed by atoms with Crippen molar-refractivity contribution in [3.05, 3.63) is 53.7 Å². The molecule has 18 heavy (non-hydrogen) atoms. The fourth-order valence-corrected chi connectivity index (χ4v) is 1.73. The van der Waals surface area contributed by atoms with E-state index >= 15 is 0 Å². The topological polar surface area (TPSA) is 0 Å². The van der Waals surface area contributed by atoms with Crippen molar-refractivity contribution in [2.24, 2.45) is 0 Å². The molecular formula is C17H18Si. The molecule has 0 heterocycles. The van der Waals surface area contributed by atoms with Crippen molar-refractivity contribution < 1.29 is 0 Å². The van der Waals surface area contributed by atoms with Crippen LogP contribution in [0.2, 0.25) is 19.6 Å². The maximum absolute atomic E-state index is 2.94. The van der Waals surface area contributed by atoms with Crippen LogP contribution < -0.4 is 0 Å². The second-order valence-corrected chi connectivity index (χ2v) is 10.0. The second-order valence-electron chi connectivity index (χ2n) is 4.98. The Kier molecular flexibility index (Phi) is 5.78. The monoisotopic (exact) mass is 250 g/mol. The van der Waals surface area contributed by atoms with Crippen LogP contribution in [0.3, 0.4) is 0 Å². The van der Waals surface area contributed by atoms with Crippen LogP contribution in [0.1, 0.15) is 5.56 Å². The van der Waals surface area contributed by atoms with Gasteiger partial charge in [0.2, 0.25) is 0 Å². The molecule has 0 spiro atoms. The van der Waals surface area contributed by atoms with Crippen molar-refractivity contribution in [3.8, 4) is 23.7 Å². The van der Waals surface area contributed by atoms with E-state index < -0.39 is 8.07 Å². The summed E-state index contributed by atoms with van der Waals surface area (Å²) in [6.45, 7) is 6.83. The normalized spacial score (nSPS) is 10.8. The van der Waals surface area contributed by atoms with Crippen LogP contribution >= 0.6 is 0 Å². The van der Waals surface area contributed by atoms with Gasteiger partial charge < -0.3 is 0 Å². The van der Waals surface area contributed by atoms with E-state index in [1.54, 1.807) is 0 Å². The minimum atomic E-state index is -1.12. The molecule has 1 rings (SSSR count). The van der Waals surface area contributed by atoms with Gasteiger partial charge in [-0.05, 0) is 35.6 Å². The smallest absolute Gasteiger partial charge is 0.0695 e. The van der Waals surface area contributed by atoms with E-state index in [0.29, 0.717) is 0 Å². The first kappa shape index (κ1) is 14.1. The molecule has 0 bridgehead atoms. The quantitative estimate of drug-likeness (QED) is 0.546. The van der Waals surface area contributed by atoms with Gasteiger partial charge in [-0.3, -0.25) is 0 Å². The van der Waals surface area contributed by atoms with Gasteiger partial charge in [-0.25, -0.2) is 0 Å². The van der Waals surface area contributed by atoms with E-state index in [4.69, 9.17) is 0 Å². The minimum Gasteiger partial charge on any atom is -0.0868 e. The molecule has 0 aliphatic heterocycles. The largest absolute Gasteiger partial charge is 0.0868 e. The Morgan fingerprint density at radius 1 is 0.889 bits per heavy atom. The molecule has 0 atom stereocenters. The van der Waals surface area contributed by atoms with Crippen LogP contribution in [0.15, 0.2) is 48.2 Å². The van der Waals surface area contributed by atoms with Crippen molar-refractivity contribution in [2.75, 3.05) is 0 Å². The van der Waals surface area contributed by atoms with Gasteiger partial charge in [0, 0.05) is 0 Å². The highest BCUT2D eigenvalue weighted by Gasteiger charge is 2.05. The van der Waals surface area contributed by atoms with Crippen molar-refractivity contribution in [1.82, 2.24) is 0 Å². The zero-order valence-electron chi connectivity index (χ0n) is 11.2. The fraction of sp³-hybridized carbons (Fsp3) is 0.176. The average Bonchev–Trinajstić information content (AvgIpc) is 2.32. The lowest BCUT2D eigenvalue weighted by Crippen LogP contribution is -2.14. The molecule has 1 aromatic rings. The minimum absolute atomic E-state index is 1.12. The van der Waals surface area contributed by atoms with Gasteiger partial charge in [0.1, 0.15) is 0 Å². The zero-order chi connectivity index (χ0) is 13.3. The molecule has 0 aliphatic carbocycles. The molecule has 0 saturated heterocycles. The highest BCUT2D eigenvalue weighted by atomic mass is 28.3. The standard InChI is InChI=1S/C17H18Si/c1-18(2,3)16-12-7-5-4-6-9-13-17-14-10-8-11-15-17/h8-16H,1-3H3. The third kappa shape index (κ3) is 7.33. The molecule has 0 nitrogen and oxygen atoms in total. The van der Waals surface area contributed by atoms with E-state index in [0.717, 1.165) is 5.56 Å². The van der Waals surface area contributed by atoms with Gasteiger partial charge in [0.15, 0.2) is 0 Å². The summed E-state index contributed by atoms with van der Waals surface area (Å²) in [5, 5.41) is 0. The summed E-state index contributed by atoms with van der Waals surface area (Å²) in [6.07, 6.45) is 5.72. The molecule has 1 heteroatoms. The number of hydrogen-bond acceptors (Lipinski definition) is 0. The molecule has 0 unspecified atom stereocenters. The highest BCUT2D eigenvalue weighted by Crippen LogP contribution is 2.00. The fourth-order valence-electron chi connectivity index (χ4n) is 1.15. The first-order valence-corrected chi connectivity index (χ1v) is 9.56. The van der Waals surface area contributed by atoms with Crippen LogP contribution in [0.25, 0.3) is 6.08 Å². The zero-order valence-corrected chi connectivity index (χ0v) is 12.2. The molecule has 0 aromatic heterocycles. The molecule has 90 valence electrons. The van der Waals surface area contributed by atoms with Gasteiger partial charge in [-0.2, -0.15) is 0 Å². The predicted octanol–water partition coefficient (Wildman–Crippen LogP) is 4.14. The molecule has 0 fully saturated rings. The van der Waals surface area contributed by atoms with Crippen LogP contribution in [-0.4, -0.2) is 8.07 Å². The van der Waals surface area contributed by atoms with Crippen molar-refractivity contribution in [2.45, 2.75) is 19.6 Å². The molecular weight excluding hydrogens is 232 g/mol.